The van der Waals surface area contributed by atoms with Crippen LogP contribution in [0.2, 0.25) is 0 Å². The maximum atomic E-state index is 12.7. The molecule has 0 saturated carbocycles. The number of carbonyl (C=O) groups is 7. The number of hydrogen-bond acceptors (Lipinski definition) is 24. The molecule has 0 aliphatic carbocycles. The highest BCUT2D eigenvalue weighted by atomic mass is 79.9. The zero-order valence-corrected chi connectivity index (χ0v) is 80.5. The average Bonchev–Trinajstić information content (AvgIpc) is 1.70. The number of amides is 6. The van der Waals surface area contributed by atoms with Crippen LogP contribution in [0.3, 0.4) is 0 Å². The van der Waals surface area contributed by atoms with Gasteiger partial charge in [-0.15, -0.1) is 0 Å². The Bertz CT molecular complexity index is 7690. The fraction of sp³-hybridized carbons (Fsp3) is 0.141. The minimum absolute atomic E-state index is 0.00340. The third-order valence-corrected chi connectivity index (χ3v) is 27.7. The molecule has 738 valence electrons. The Morgan fingerprint density at radius 1 is 0.303 bits per heavy atom. The third kappa shape index (κ3) is 24.6. The van der Waals surface area contributed by atoms with E-state index in [-0.39, 0.29) is 84.5 Å². The van der Waals surface area contributed by atoms with Crippen molar-refractivity contribution in [2.24, 2.45) is 0 Å². The van der Waals surface area contributed by atoms with Crippen LogP contribution in [0.5, 0.6) is 0 Å². The van der Waals surface area contributed by atoms with Crippen LogP contribution in [0, 0.1) is 20.2 Å². The zero-order valence-electron chi connectivity index (χ0n) is 76.4. The van der Waals surface area contributed by atoms with E-state index in [1.54, 1.807) is 121 Å². The number of aromatic amines is 6. The van der Waals surface area contributed by atoms with Gasteiger partial charge in [0.05, 0.1) is 74.0 Å². The molecule has 14 N–H and O–H groups in total. The van der Waals surface area contributed by atoms with Crippen LogP contribution in [0.4, 0.5) is 46.3 Å². The molecule has 6 amide bonds. The first-order chi connectivity index (χ1) is 70.0. The van der Waals surface area contributed by atoms with Gasteiger partial charge in [-0.1, -0.05) is 113 Å². The Morgan fingerprint density at radius 3 is 0.890 bits per heavy atom. The summed E-state index contributed by atoms with van der Waals surface area (Å²) in [6.07, 6.45) is 6.58. The molecule has 9 heterocycles. The van der Waals surface area contributed by atoms with Crippen molar-refractivity contribution < 1.29 is 73.8 Å². The number of rotatable bonds is 21. The van der Waals surface area contributed by atoms with Crippen LogP contribution in [0.15, 0.2) is 304 Å². The Balaban J connectivity index is 0.000000125. The summed E-state index contributed by atoms with van der Waals surface area (Å²) in [7, 11) is -11.5. The summed E-state index contributed by atoms with van der Waals surface area (Å²) in [5, 5.41) is 86.4. The number of piperidine rings is 2. The number of hydrogen-bond donors (Lipinski definition) is 14. The number of fused-ring (bicyclic) bond motifs is 6. The third-order valence-electron chi connectivity index (χ3n) is 23.2. The first-order valence-corrected chi connectivity index (χ1v) is 50.2. The van der Waals surface area contributed by atoms with Crippen molar-refractivity contribution in [3.05, 3.63) is 349 Å². The molecule has 0 spiro atoms. The van der Waals surface area contributed by atoms with Crippen LogP contribution in [-0.2, 0) is 30.1 Å². The number of H-pyrrole nitrogens is 6. The van der Waals surface area contributed by atoms with Gasteiger partial charge >= 0.3 is 5.97 Å². The van der Waals surface area contributed by atoms with E-state index in [1.807, 2.05) is 87.5 Å². The minimum Gasteiger partial charge on any atom is -0.478 e. The number of aromatic carboxylic acids is 1. The summed E-state index contributed by atoms with van der Waals surface area (Å²) in [6.45, 7) is 6.22. The molecule has 3 fully saturated rings. The number of aromatic nitrogens is 12. The van der Waals surface area contributed by atoms with Gasteiger partial charge in [0.1, 0.15) is 0 Å². The Hall–Kier alpha value is -17.8. The van der Waals surface area contributed by atoms with Crippen molar-refractivity contribution in [1.82, 2.24) is 81.2 Å². The first-order valence-electron chi connectivity index (χ1n) is 45.0. The number of halogens is 1. The quantitative estimate of drug-likeness (QED) is 0.0235. The highest BCUT2D eigenvalue weighted by Gasteiger charge is 2.28. The van der Waals surface area contributed by atoms with E-state index in [0.717, 1.165) is 97.7 Å². The molecule has 0 bridgehead atoms. The average molecular weight is 2080 g/mol. The standard InChI is InChI=1S/2C20H20N4O2.C19H19N5O2.C14H11N3O4S.C13H9BrN4O4S.C13H10N4O4S/c2*25-19(14-7-3-1-4-8-14)21-18-16-13-15(9-10-17(16)22-23-18)20(26)24-11-5-2-6-12-24;25-18(13-4-2-1-3-5-13)21-17-15-12-14(6-7-16(15)22-23-17)19(26)24-10-8-20-9-11-24;18-14(19)9-6-7-12-11(8-9)13(16-15-12)17-22(20,21)10-4-2-1-3-5-10;14-8-2-1-3-10(6-8)23(21,22)17-13-11-7-9(18(19)20)4-5-12(11)15-16-13;18-17(19)9-6-7-12-11(8-9)13(15-14-12)16-22(20,21)10-4-2-1-3-5-10/h2*1,3-4,7-10,13H,2,5-6,11-12H2,(H2,21,22,23,25);1-7,12,20H,8-11H2,(H2,21,22,23,25);1-8H,(H,18,19)(H2,15,16,17);1-7H,(H2,15,16,17);1-8H,(H2,14,15,16). The largest absolute Gasteiger partial charge is 0.478 e. The molecular formula is C99H89BrN24O18S3. The predicted octanol–water partition coefficient (Wildman–Crippen LogP) is 16.1. The predicted molar refractivity (Wildman–Crippen MR) is 548 cm³/mol. The fourth-order valence-corrected chi connectivity index (χ4v) is 19.4. The van der Waals surface area contributed by atoms with Gasteiger partial charge in [0.25, 0.3) is 76.9 Å². The number of carbonyl (C=O) groups excluding carboxylic acids is 6. The molecule has 0 radical (unpaired) electrons. The number of nitro benzene ring substituents is 2. The molecule has 21 rings (SSSR count). The number of benzene rings is 12. The number of carboxylic acids is 1. The highest BCUT2D eigenvalue weighted by molar-refractivity contribution is 9.10. The fourth-order valence-electron chi connectivity index (χ4n) is 15.6. The van der Waals surface area contributed by atoms with Crippen molar-refractivity contribution in [3.8, 4) is 0 Å². The summed E-state index contributed by atoms with van der Waals surface area (Å²) in [5.41, 5.74) is 7.12. The van der Waals surface area contributed by atoms with Crippen LogP contribution < -0.4 is 35.4 Å². The molecule has 6 aromatic heterocycles. The second-order valence-corrected chi connectivity index (χ2v) is 38.8. The van der Waals surface area contributed by atoms with Gasteiger partial charge < -0.3 is 41.1 Å². The molecular weight excluding hydrogens is 1990 g/mol. The Labute approximate surface area is 833 Å². The lowest BCUT2D eigenvalue weighted by atomic mass is 10.1. The van der Waals surface area contributed by atoms with Crippen molar-refractivity contribution in [2.45, 2.75) is 53.2 Å². The molecule has 3 saturated heterocycles. The van der Waals surface area contributed by atoms with E-state index < -0.39 is 45.9 Å². The van der Waals surface area contributed by atoms with E-state index in [2.05, 4.69) is 113 Å². The molecule has 42 nitrogen and oxygen atoms in total. The van der Waals surface area contributed by atoms with Gasteiger partial charge in [-0.3, -0.25) is 93.8 Å². The molecule has 0 atom stereocenters. The number of sulfonamides is 3. The summed E-state index contributed by atoms with van der Waals surface area (Å²) in [5.74, 6) is -0.367. The molecule has 18 aromatic rings. The van der Waals surface area contributed by atoms with Gasteiger partial charge in [0, 0.05) is 136 Å². The van der Waals surface area contributed by atoms with Crippen molar-refractivity contribution >= 4 is 199 Å². The van der Waals surface area contributed by atoms with Gasteiger partial charge in [-0.2, -0.15) is 30.6 Å². The van der Waals surface area contributed by atoms with Crippen LogP contribution in [0.25, 0.3) is 65.4 Å². The van der Waals surface area contributed by atoms with Crippen LogP contribution in [0.1, 0.15) is 111 Å². The highest BCUT2D eigenvalue weighted by Crippen LogP contribution is 2.34. The molecule has 3 aliphatic rings. The zero-order chi connectivity index (χ0) is 102. The number of piperazine rings is 1. The van der Waals surface area contributed by atoms with E-state index >= 15 is 0 Å². The van der Waals surface area contributed by atoms with Crippen LogP contribution in [-0.4, -0.2) is 210 Å². The summed E-state index contributed by atoms with van der Waals surface area (Å²) in [4.78, 5) is 113. The summed E-state index contributed by atoms with van der Waals surface area (Å²) >= 11 is 3.21. The van der Waals surface area contributed by atoms with E-state index in [1.165, 1.54) is 104 Å². The summed E-state index contributed by atoms with van der Waals surface area (Å²) in [6, 6.07) is 77.4. The SMILES string of the molecule is O=C(Nc1n[nH]c2ccc(C(=O)N3CCCCC3)cc12)c1ccccc1.O=C(Nc1n[nH]c2ccc(C(=O)N3CCCCC3)cc12)c1ccccc1.O=C(Nc1n[nH]c2ccc(C(=O)N3CCNCC3)cc12)c1ccccc1.O=C(O)c1ccc2[nH]nc(NS(=O)(=O)c3ccccc3)c2c1.O=[N+]([O-])c1ccc2[nH]nc(NS(=O)(=O)c3cccc(Br)c3)c2c1.O=[N+]([O-])c1ccc2[nH]nc(NS(=O)(=O)c3ccccc3)c2c1. The van der Waals surface area contributed by atoms with Gasteiger partial charge in [0.15, 0.2) is 34.9 Å². The van der Waals surface area contributed by atoms with Crippen molar-refractivity contribution in [1.29, 1.82) is 0 Å². The normalized spacial score (nSPS) is 13.0. The van der Waals surface area contributed by atoms with E-state index in [9.17, 15) is 79.0 Å². The number of carboxylic acid groups (broad SMARTS) is 1. The lowest BCUT2D eigenvalue weighted by molar-refractivity contribution is -0.384. The van der Waals surface area contributed by atoms with Crippen molar-refractivity contribution in [2.75, 3.05) is 82.5 Å². The number of nitro groups is 2. The summed E-state index contributed by atoms with van der Waals surface area (Å²) < 4.78 is 81.5. The van der Waals surface area contributed by atoms with Gasteiger partial charge in [-0.25, -0.2) is 30.0 Å². The Morgan fingerprint density at radius 2 is 0.572 bits per heavy atom. The number of non-ortho nitro benzene ring substituents is 2. The first kappa shape index (κ1) is 100. The van der Waals surface area contributed by atoms with Gasteiger partial charge in [-0.05, 0) is 202 Å². The number of nitrogens with one attached hydrogen (secondary N) is 13. The molecule has 145 heavy (non-hydrogen) atoms. The van der Waals surface area contributed by atoms with Crippen molar-refractivity contribution in [3.63, 3.8) is 0 Å². The smallest absolute Gasteiger partial charge is 0.335 e. The second kappa shape index (κ2) is 45.2. The number of anilines is 6. The number of likely N-dealkylation sites (tertiary alicyclic amines) is 2. The maximum Gasteiger partial charge on any atom is 0.335 e. The van der Waals surface area contributed by atoms with E-state index in [0.29, 0.717) is 101 Å². The number of nitrogens with zero attached hydrogens (tertiary/aromatic N) is 11. The Kier molecular flexibility index (Phi) is 31.3. The molecule has 3 aliphatic heterocycles. The molecule has 46 heteroatoms. The lowest BCUT2D eigenvalue weighted by Crippen LogP contribution is -2.46. The second-order valence-electron chi connectivity index (χ2n) is 32.9. The minimum atomic E-state index is -3.86. The lowest BCUT2D eigenvalue weighted by Gasteiger charge is -2.27. The van der Waals surface area contributed by atoms with E-state index in [4.69, 9.17) is 5.11 Å². The monoisotopic (exact) mass is 2080 g/mol. The molecule has 0 unspecified atom stereocenters. The van der Waals surface area contributed by atoms with Gasteiger partial charge in [0.2, 0.25) is 0 Å². The molecule has 12 aromatic carbocycles. The van der Waals surface area contributed by atoms with Crippen LogP contribution >= 0.6 is 15.9 Å². The topological polar surface area (TPSA) is 594 Å². The maximum absolute atomic E-state index is 12.7.